The maximum atomic E-state index is 10.6. The lowest BCUT2D eigenvalue weighted by atomic mass is 10.3. The second-order valence-electron chi connectivity index (χ2n) is 3.22. The molecule has 0 amide bonds. The standard InChI is InChI=1S/C11H8ClN3O2/c12-7-1-3-8(4-2-7)15-10-6-13-9(5-14-10)11(16)17/h1-6H,(H,14,15)(H,16,17). The molecular formula is C11H8ClN3O2. The number of carbonyl (C=O) groups is 1. The topological polar surface area (TPSA) is 75.1 Å². The summed E-state index contributed by atoms with van der Waals surface area (Å²) in [7, 11) is 0. The minimum absolute atomic E-state index is 0.0911. The van der Waals surface area contributed by atoms with Gasteiger partial charge in [0.15, 0.2) is 5.69 Å². The Bertz CT molecular complexity index is 525. The Labute approximate surface area is 102 Å². The van der Waals surface area contributed by atoms with Crippen LogP contribution in [0.15, 0.2) is 36.7 Å². The zero-order valence-corrected chi connectivity index (χ0v) is 9.35. The number of hydrogen-bond donors (Lipinski definition) is 2. The van der Waals surface area contributed by atoms with Crippen molar-refractivity contribution in [3.8, 4) is 0 Å². The Morgan fingerprint density at radius 1 is 1.18 bits per heavy atom. The van der Waals surface area contributed by atoms with Crippen molar-refractivity contribution in [2.45, 2.75) is 0 Å². The molecule has 17 heavy (non-hydrogen) atoms. The number of carboxylic acids is 1. The molecule has 0 fully saturated rings. The molecular weight excluding hydrogens is 242 g/mol. The van der Waals surface area contributed by atoms with Gasteiger partial charge in [-0.05, 0) is 24.3 Å². The van der Waals surface area contributed by atoms with E-state index in [1.165, 1.54) is 12.4 Å². The number of anilines is 2. The maximum absolute atomic E-state index is 10.6. The van der Waals surface area contributed by atoms with Gasteiger partial charge in [-0.2, -0.15) is 0 Å². The summed E-state index contributed by atoms with van der Waals surface area (Å²) in [4.78, 5) is 18.2. The van der Waals surface area contributed by atoms with Crippen molar-refractivity contribution in [2.75, 3.05) is 5.32 Å². The average Bonchev–Trinajstić information content (AvgIpc) is 2.33. The monoisotopic (exact) mass is 249 g/mol. The maximum Gasteiger partial charge on any atom is 0.356 e. The fraction of sp³-hybridized carbons (Fsp3) is 0. The van der Waals surface area contributed by atoms with Crippen LogP contribution in [-0.4, -0.2) is 21.0 Å². The van der Waals surface area contributed by atoms with Gasteiger partial charge >= 0.3 is 5.97 Å². The fourth-order valence-electron chi connectivity index (χ4n) is 1.18. The molecule has 1 aromatic carbocycles. The molecule has 0 aliphatic heterocycles. The zero-order valence-electron chi connectivity index (χ0n) is 8.59. The minimum atomic E-state index is -1.10. The number of aromatic carboxylic acids is 1. The summed E-state index contributed by atoms with van der Waals surface area (Å²) in [6.45, 7) is 0. The fourth-order valence-corrected chi connectivity index (χ4v) is 1.31. The van der Waals surface area contributed by atoms with E-state index >= 15 is 0 Å². The molecule has 0 aliphatic rings. The SMILES string of the molecule is O=C(O)c1cnc(Nc2ccc(Cl)cc2)cn1. The Balaban J connectivity index is 2.13. The summed E-state index contributed by atoms with van der Waals surface area (Å²) >= 11 is 5.75. The lowest BCUT2D eigenvalue weighted by molar-refractivity contribution is 0.0690. The van der Waals surface area contributed by atoms with Crippen LogP contribution in [0.2, 0.25) is 5.02 Å². The Morgan fingerprint density at radius 3 is 2.41 bits per heavy atom. The van der Waals surface area contributed by atoms with Crippen molar-refractivity contribution in [2.24, 2.45) is 0 Å². The molecule has 86 valence electrons. The summed E-state index contributed by atoms with van der Waals surface area (Å²) in [6.07, 6.45) is 2.55. The van der Waals surface area contributed by atoms with E-state index in [0.717, 1.165) is 5.69 Å². The predicted molar refractivity (Wildman–Crippen MR) is 63.7 cm³/mol. The van der Waals surface area contributed by atoms with Crippen molar-refractivity contribution in [1.29, 1.82) is 0 Å². The van der Waals surface area contributed by atoms with Crippen LogP contribution in [-0.2, 0) is 0 Å². The first kappa shape index (κ1) is 11.3. The molecule has 0 aliphatic carbocycles. The van der Waals surface area contributed by atoms with E-state index in [-0.39, 0.29) is 5.69 Å². The quantitative estimate of drug-likeness (QED) is 0.874. The number of halogens is 1. The third kappa shape index (κ3) is 2.92. The van der Waals surface area contributed by atoms with Gasteiger partial charge < -0.3 is 10.4 Å². The highest BCUT2D eigenvalue weighted by molar-refractivity contribution is 6.30. The van der Waals surface area contributed by atoms with Crippen molar-refractivity contribution in [3.63, 3.8) is 0 Å². The third-order valence-electron chi connectivity index (χ3n) is 1.99. The number of nitrogens with one attached hydrogen (secondary N) is 1. The molecule has 1 heterocycles. The molecule has 0 bridgehead atoms. The van der Waals surface area contributed by atoms with Gasteiger partial charge in [0, 0.05) is 10.7 Å². The van der Waals surface area contributed by atoms with Crippen LogP contribution in [0, 0.1) is 0 Å². The van der Waals surface area contributed by atoms with Gasteiger partial charge in [-0.3, -0.25) is 0 Å². The number of carboxylic acid groups (broad SMARTS) is 1. The van der Waals surface area contributed by atoms with E-state index in [1.54, 1.807) is 24.3 Å². The molecule has 2 aromatic rings. The van der Waals surface area contributed by atoms with Crippen LogP contribution in [0.5, 0.6) is 0 Å². The molecule has 0 spiro atoms. The summed E-state index contributed by atoms with van der Waals surface area (Å²) in [5.41, 5.74) is 0.707. The van der Waals surface area contributed by atoms with Gasteiger partial charge in [-0.15, -0.1) is 0 Å². The molecule has 1 aromatic heterocycles. The average molecular weight is 250 g/mol. The molecule has 0 saturated carbocycles. The summed E-state index contributed by atoms with van der Waals surface area (Å²) in [6, 6.07) is 7.05. The first-order valence-electron chi connectivity index (χ1n) is 4.73. The van der Waals surface area contributed by atoms with E-state index in [2.05, 4.69) is 15.3 Å². The van der Waals surface area contributed by atoms with Gasteiger partial charge in [0.2, 0.25) is 0 Å². The van der Waals surface area contributed by atoms with Gasteiger partial charge in [0.25, 0.3) is 0 Å². The number of nitrogens with zero attached hydrogens (tertiary/aromatic N) is 2. The van der Waals surface area contributed by atoms with Gasteiger partial charge in [0.05, 0.1) is 12.4 Å². The largest absolute Gasteiger partial charge is 0.476 e. The van der Waals surface area contributed by atoms with Crippen LogP contribution >= 0.6 is 11.6 Å². The van der Waals surface area contributed by atoms with Gasteiger partial charge in [-0.25, -0.2) is 14.8 Å². The molecule has 0 saturated heterocycles. The normalized spacial score (nSPS) is 9.94. The second-order valence-corrected chi connectivity index (χ2v) is 3.66. The van der Waals surface area contributed by atoms with Crippen molar-refractivity contribution < 1.29 is 9.90 Å². The summed E-state index contributed by atoms with van der Waals surface area (Å²) in [5.74, 6) is -0.632. The zero-order chi connectivity index (χ0) is 12.3. The number of benzene rings is 1. The number of hydrogen-bond acceptors (Lipinski definition) is 4. The van der Waals surface area contributed by atoms with E-state index in [1.807, 2.05) is 0 Å². The predicted octanol–water partition coefficient (Wildman–Crippen LogP) is 2.57. The molecule has 2 rings (SSSR count). The highest BCUT2D eigenvalue weighted by Gasteiger charge is 2.04. The smallest absolute Gasteiger partial charge is 0.356 e. The highest BCUT2D eigenvalue weighted by atomic mass is 35.5. The highest BCUT2D eigenvalue weighted by Crippen LogP contribution is 2.16. The molecule has 2 N–H and O–H groups in total. The van der Waals surface area contributed by atoms with E-state index < -0.39 is 5.97 Å². The number of rotatable bonds is 3. The van der Waals surface area contributed by atoms with Crippen LogP contribution in [0.25, 0.3) is 0 Å². The molecule has 0 radical (unpaired) electrons. The van der Waals surface area contributed by atoms with E-state index in [0.29, 0.717) is 10.8 Å². The van der Waals surface area contributed by atoms with Crippen LogP contribution in [0.3, 0.4) is 0 Å². The van der Waals surface area contributed by atoms with Crippen LogP contribution < -0.4 is 5.32 Å². The summed E-state index contributed by atoms with van der Waals surface area (Å²) in [5, 5.41) is 12.3. The Morgan fingerprint density at radius 2 is 1.88 bits per heavy atom. The van der Waals surface area contributed by atoms with Crippen LogP contribution in [0.4, 0.5) is 11.5 Å². The Kier molecular flexibility index (Phi) is 3.20. The van der Waals surface area contributed by atoms with E-state index in [9.17, 15) is 4.79 Å². The Hall–Kier alpha value is -2.14. The van der Waals surface area contributed by atoms with Crippen molar-refractivity contribution in [3.05, 3.63) is 47.4 Å². The molecule has 0 unspecified atom stereocenters. The van der Waals surface area contributed by atoms with Gasteiger partial charge in [-0.1, -0.05) is 11.6 Å². The number of aromatic nitrogens is 2. The summed E-state index contributed by atoms with van der Waals surface area (Å²) < 4.78 is 0. The lowest BCUT2D eigenvalue weighted by Gasteiger charge is -2.04. The van der Waals surface area contributed by atoms with Crippen LogP contribution in [0.1, 0.15) is 10.5 Å². The molecule has 6 heteroatoms. The first-order chi connectivity index (χ1) is 8.15. The van der Waals surface area contributed by atoms with Crippen molar-refractivity contribution in [1.82, 2.24) is 9.97 Å². The van der Waals surface area contributed by atoms with Crippen molar-refractivity contribution >= 4 is 29.1 Å². The lowest BCUT2D eigenvalue weighted by Crippen LogP contribution is -2.02. The second kappa shape index (κ2) is 4.80. The molecule has 5 nitrogen and oxygen atoms in total. The van der Waals surface area contributed by atoms with Gasteiger partial charge in [0.1, 0.15) is 5.82 Å². The minimum Gasteiger partial charge on any atom is -0.476 e. The first-order valence-corrected chi connectivity index (χ1v) is 5.11. The molecule has 0 atom stereocenters. The third-order valence-corrected chi connectivity index (χ3v) is 2.24. The van der Waals surface area contributed by atoms with E-state index in [4.69, 9.17) is 16.7 Å².